The molecule has 2 aromatic carbocycles. The maximum Gasteiger partial charge on any atom is 0.303 e. The second-order valence-corrected chi connectivity index (χ2v) is 17.8. The normalized spacial score (nSPS) is 22.4. The third-order valence-corrected chi connectivity index (χ3v) is 12.4. The Morgan fingerprint density at radius 3 is 1.59 bits per heavy atom. The summed E-state index contributed by atoms with van der Waals surface area (Å²) in [6, 6.07) is 19.6. The van der Waals surface area contributed by atoms with Gasteiger partial charge in [0.2, 0.25) is 18.3 Å². The lowest BCUT2D eigenvalue weighted by Crippen LogP contribution is -2.69. The van der Waals surface area contributed by atoms with Gasteiger partial charge in [-0.3, -0.25) is 19.8 Å². The van der Waals surface area contributed by atoms with Crippen molar-refractivity contribution in [1.29, 1.82) is 5.41 Å². The van der Waals surface area contributed by atoms with E-state index in [1.165, 1.54) is 6.92 Å². The minimum Gasteiger partial charge on any atom is -0.456 e. The summed E-state index contributed by atoms with van der Waals surface area (Å²) >= 11 is 17.6. The quantitative estimate of drug-likeness (QED) is 0.101. The fraction of sp³-hybridized carbons (Fsp3) is 0.467. The number of rotatable bonds is 9. The molecule has 0 saturated carbocycles. The molecule has 1 aliphatic heterocycles. The van der Waals surface area contributed by atoms with Crippen LogP contribution in [0.25, 0.3) is 0 Å². The average Bonchev–Trinajstić information content (AvgIpc) is 2.92. The van der Waals surface area contributed by atoms with Gasteiger partial charge in [0.25, 0.3) is 12.1 Å². The Morgan fingerprint density at radius 1 is 0.750 bits per heavy atom. The van der Waals surface area contributed by atoms with Gasteiger partial charge in [-0.1, -0.05) is 116 Å². The molecule has 10 nitrogen and oxygen atoms in total. The van der Waals surface area contributed by atoms with E-state index < -0.39 is 71.7 Å². The van der Waals surface area contributed by atoms with Crippen molar-refractivity contribution >= 4 is 77.3 Å². The van der Waals surface area contributed by atoms with Crippen LogP contribution in [0.5, 0.6) is 0 Å². The Morgan fingerprint density at radius 2 is 1.18 bits per heavy atom. The molecule has 1 N–H and O–H groups in total. The first kappa shape index (κ1) is 35.8. The molecular formula is C30H36Cl3NO9Si. The molecule has 1 heterocycles. The molecule has 0 amide bonds. The number of nitrogens with one attached hydrogen (secondary N) is 1. The van der Waals surface area contributed by atoms with Crippen molar-refractivity contribution in [2.75, 3.05) is 6.61 Å². The third-order valence-electron chi connectivity index (χ3n) is 6.87. The van der Waals surface area contributed by atoms with E-state index in [4.69, 9.17) is 68.3 Å². The highest BCUT2D eigenvalue weighted by Gasteiger charge is 2.56. The van der Waals surface area contributed by atoms with Crippen LogP contribution in [0.15, 0.2) is 60.7 Å². The number of esters is 3. The lowest BCUT2D eigenvalue weighted by Gasteiger charge is -2.47. The van der Waals surface area contributed by atoms with Crippen molar-refractivity contribution in [3.8, 4) is 0 Å². The zero-order valence-corrected chi connectivity index (χ0v) is 28.4. The van der Waals surface area contributed by atoms with E-state index in [-0.39, 0.29) is 6.61 Å². The molecule has 240 valence electrons. The number of alkyl halides is 3. The van der Waals surface area contributed by atoms with E-state index in [2.05, 4.69) is 20.8 Å². The summed E-state index contributed by atoms with van der Waals surface area (Å²) in [7, 11) is -3.14. The molecule has 0 bridgehead atoms. The summed E-state index contributed by atoms with van der Waals surface area (Å²) in [5.41, 5.74) is 0. The molecule has 5 atom stereocenters. The van der Waals surface area contributed by atoms with Gasteiger partial charge in [0.15, 0.2) is 12.2 Å². The predicted octanol–water partition coefficient (Wildman–Crippen LogP) is 4.45. The molecule has 44 heavy (non-hydrogen) atoms. The molecular weight excluding hydrogens is 653 g/mol. The van der Waals surface area contributed by atoms with E-state index in [1.807, 2.05) is 60.7 Å². The first-order valence-corrected chi connectivity index (χ1v) is 16.8. The van der Waals surface area contributed by atoms with Crippen molar-refractivity contribution in [1.82, 2.24) is 0 Å². The van der Waals surface area contributed by atoms with Crippen LogP contribution < -0.4 is 10.4 Å². The van der Waals surface area contributed by atoms with Crippen molar-refractivity contribution in [3.05, 3.63) is 60.7 Å². The van der Waals surface area contributed by atoms with Gasteiger partial charge in [0.1, 0.15) is 6.10 Å². The number of carbonyl (C=O) groups excluding carboxylic acids is 3. The van der Waals surface area contributed by atoms with Crippen molar-refractivity contribution in [3.63, 3.8) is 0 Å². The van der Waals surface area contributed by atoms with Crippen LogP contribution in [0.1, 0.15) is 41.5 Å². The van der Waals surface area contributed by atoms with Gasteiger partial charge in [-0.2, -0.15) is 0 Å². The van der Waals surface area contributed by atoms with Crippen molar-refractivity contribution in [2.45, 2.75) is 81.1 Å². The standard InChI is InChI=1S/C30H36Cl3NO9Si/c1-18(35)39-24-23(42-27(43-28(34)30(31,32)33)26(41-20(3)37)25(24)40-19(2)36)17-38-44(29(4,5)6,21-13-9-7-10-14-21)22-15-11-8-12-16-22/h7-16,23-27,34H,17H2,1-6H3/t23-,24+,25+,26-,27-/m1/s1. The molecule has 3 rings (SSSR count). The Hall–Kier alpha value is -2.67. The molecule has 0 radical (unpaired) electrons. The smallest absolute Gasteiger partial charge is 0.303 e. The van der Waals surface area contributed by atoms with Crippen LogP contribution in [0.3, 0.4) is 0 Å². The van der Waals surface area contributed by atoms with Crippen LogP contribution >= 0.6 is 34.8 Å². The fourth-order valence-electron chi connectivity index (χ4n) is 5.24. The Labute approximate surface area is 272 Å². The first-order valence-electron chi connectivity index (χ1n) is 13.7. The molecule has 0 spiro atoms. The summed E-state index contributed by atoms with van der Waals surface area (Å²) in [4.78, 5) is 36.7. The van der Waals surface area contributed by atoms with Crippen LogP contribution in [0, 0.1) is 5.41 Å². The summed E-state index contributed by atoms with van der Waals surface area (Å²) < 4.78 is 33.0. The zero-order valence-electron chi connectivity index (χ0n) is 25.2. The number of hydrogen-bond acceptors (Lipinski definition) is 10. The van der Waals surface area contributed by atoms with Crippen molar-refractivity contribution in [2.24, 2.45) is 0 Å². The molecule has 1 saturated heterocycles. The second kappa shape index (κ2) is 14.6. The van der Waals surface area contributed by atoms with E-state index in [9.17, 15) is 14.4 Å². The van der Waals surface area contributed by atoms with E-state index in [0.29, 0.717) is 0 Å². The number of benzene rings is 2. The van der Waals surface area contributed by atoms with E-state index in [1.54, 1.807) is 0 Å². The van der Waals surface area contributed by atoms with Gasteiger partial charge in [-0.15, -0.1) is 0 Å². The molecule has 0 unspecified atom stereocenters. The summed E-state index contributed by atoms with van der Waals surface area (Å²) in [6.45, 7) is 9.47. The Balaban J connectivity index is 2.16. The molecule has 1 aliphatic rings. The lowest BCUT2D eigenvalue weighted by atomic mass is 9.98. The number of carbonyl (C=O) groups is 3. The highest BCUT2D eigenvalue weighted by molar-refractivity contribution is 6.99. The topological polar surface area (TPSA) is 130 Å². The average molecular weight is 689 g/mol. The summed E-state index contributed by atoms with van der Waals surface area (Å²) in [5, 5.41) is 9.65. The number of halogens is 3. The maximum atomic E-state index is 12.3. The van der Waals surface area contributed by atoms with Crippen LogP contribution in [0.4, 0.5) is 0 Å². The van der Waals surface area contributed by atoms with Gasteiger partial charge < -0.3 is 28.1 Å². The predicted molar refractivity (Wildman–Crippen MR) is 168 cm³/mol. The van der Waals surface area contributed by atoms with Gasteiger partial charge in [0.05, 0.1) is 6.61 Å². The SMILES string of the molecule is CC(=O)O[C@H]1[C@@H](OC(C)=O)[C@@H](CO[Si](c2ccccc2)(c2ccccc2)C(C)(C)C)O[C@H](OC(=N)C(Cl)(Cl)Cl)[C@@H]1OC(C)=O. The number of ether oxygens (including phenoxy) is 5. The largest absolute Gasteiger partial charge is 0.456 e. The van der Waals surface area contributed by atoms with Crippen LogP contribution in [-0.2, 0) is 42.5 Å². The zero-order chi connectivity index (χ0) is 32.9. The molecule has 0 aliphatic carbocycles. The number of hydrogen-bond donors (Lipinski definition) is 1. The van der Waals surface area contributed by atoms with Gasteiger partial charge in [-0.25, -0.2) is 0 Å². The molecule has 1 fully saturated rings. The first-order chi connectivity index (χ1) is 20.5. The van der Waals surface area contributed by atoms with E-state index in [0.717, 1.165) is 24.2 Å². The van der Waals surface area contributed by atoms with Gasteiger partial charge in [0, 0.05) is 20.8 Å². The van der Waals surface area contributed by atoms with Crippen LogP contribution in [-0.4, -0.2) is 73.2 Å². The van der Waals surface area contributed by atoms with Gasteiger partial charge >= 0.3 is 17.9 Å². The second-order valence-electron chi connectivity index (χ2n) is 11.2. The summed E-state index contributed by atoms with van der Waals surface area (Å²) in [6.07, 6.45) is -7.05. The third kappa shape index (κ3) is 8.52. The Bertz CT molecular complexity index is 1280. The van der Waals surface area contributed by atoms with Crippen LogP contribution in [0.2, 0.25) is 5.04 Å². The lowest BCUT2D eigenvalue weighted by molar-refractivity contribution is -0.290. The molecule has 0 aromatic heterocycles. The van der Waals surface area contributed by atoms with E-state index >= 15 is 0 Å². The fourth-order valence-corrected chi connectivity index (χ4v) is 9.94. The molecule has 14 heteroatoms. The monoisotopic (exact) mass is 687 g/mol. The van der Waals surface area contributed by atoms with Crippen molar-refractivity contribution < 1.29 is 42.5 Å². The maximum absolute atomic E-state index is 12.3. The molecule has 2 aromatic rings. The van der Waals surface area contributed by atoms with Gasteiger partial charge in [-0.05, 0) is 15.4 Å². The summed E-state index contributed by atoms with van der Waals surface area (Å²) in [5.74, 6) is -3.13. The minimum absolute atomic E-state index is 0.198. The minimum atomic E-state index is -3.14. The highest BCUT2D eigenvalue weighted by atomic mass is 35.6. The highest BCUT2D eigenvalue weighted by Crippen LogP contribution is 2.38. The Kier molecular flexibility index (Phi) is 11.9.